The van der Waals surface area contributed by atoms with Crippen LogP contribution >= 0.6 is 0 Å². The zero-order valence-corrected chi connectivity index (χ0v) is 16.9. The van der Waals surface area contributed by atoms with Crippen molar-refractivity contribution in [3.05, 3.63) is 107 Å². The molecule has 0 fully saturated rings. The van der Waals surface area contributed by atoms with Gasteiger partial charge in [-0.05, 0) is 44.0 Å². The molecule has 0 unspecified atom stereocenters. The van der Waals surface area contributed by atoms with Crippen LogP contribution in [0.2, 0.25) is 0 Å². The Balaban J connectivity index is 1.89. The van der Waals surface area contributed by atoms with Crippen LogP contribution in [0.25, 0.3) is 28.1 Å². The van der Waals surface area contributed by atoms with Gasteiger partial charge in [0.25, 0.3) is 0 Å². The second-order valence-electron chi connectivity index (χ2n) is 7.44. The molecule has 2 nitrogen and oxygen atoms in total. The van der Waals surface area contributed by atoms with Crippen LogP contribution in [0.5, 0.6) is 0 Å². The number of carbonyl (C=O) groups is 1. The van der Waals surface area contributed by atoms with Gasteiger partial charge in [-0.1, -0.05) is 83.9 Å². The Morgan fingerprint density at radius 1 is 0.828 bits per heavy atom. The molecule has 0 amide bonds. The molecule has 29 heavy (non-hydrogen) atoms. The number of benzene rings is 3. The number of pyridine rings is 1. The van der Waals surface area contributed by atoms with Crippen LogP contribution in [0.15, 0.2) is 78.9 Å². The first kappa shape index (κ1) is 18.8. The average Bonchev–Trinajstić information content (AvgIpc) is 2.72. The van der Waals surface area contributed by atoms with Crippen LogP contribution in [0.4, 0.5) is 0 Å². The standard InChI is InChI=1S/C27H23NO/c1-18-11-14-22(15-12-18)27-23-9-4-5-10-24(23)28-20(3)26(27)25(29)16-13-21-8-6-7-19(2)17-21/h4-17H,1-3H3. The Morgan fingerprint density at radius 2 is 1.59 bits per heavy atom. The quantitative estimate of drug-likeness (QED) is 0.292. The molecule has 142 valence electrons. The zero-order chi connectivity index (χ0) is 20.4. The summed E-state index contributed by atoms with van der Waals surface area (Å²) in [6.45, 7) is 6.03. The van der Waals surface area contributed by atoms with Crippen molar-refractivity contribution in [2.75, 3.05) is 0 Å². The summed E-state index contributed by atoms with van der Waals surface area (Å²) in [4.78, 5) is 18.0. The minimum absolute atomic E-state index is 0.0298. The molecule has 1 aromatic heterocycles. The molecule has 0 radical (unpaired) electrons. The molecule has 0 spiro atoms. The van der Waals surface area contributed by atoms with Crippen molar-refractivity contribution in [3.63, 3.8) is 0 Å². The van der Waals surface area contributed by atoms with E-state index in [1.54, 1.807) is 6.08 Å². The summed E-state index contributed by atoms with van der Waals surface area (Å²) in [5.41, 5.74) is 7.67. The molecule has 0 N–H and O–H groups in total. The van der Waals surface area contributed by atoms with Gasteiger partial charge in [-0.15, -0.1) is 0 Å². The number of aryl methyl sites for hydroxylation is 3. The van der Waals surface area contributed by atoms with E-state index in [4.69, 9.17) is 4.98 Å². The van der Waals surface area contributed by atoms with E-state index in [9.17, 15) is 4.79 Å². The Labute approximate surface area is 171 Å². The number of nitrogens with zero attached hydrogens (tertiary/aromatic N) is 1. The minimum Gasteiger partial charge on any atom is -0.289 e. The fraction of sp³-hybridized carbons (Fsp3) is 0.111. The van der Waals surface area contributed by atoms with Gasteiger partial charge in [0.2, 0.25) is 0 Å². The van der Waals surface area contributed by atoms with E-state index in [-0.39, 0.29) is 5.78 Å². The van der Waals surface area contributed by atoms with Crippen molar-refractivity contribution in [3.8, 4) is 11.1 Å². The number of carbonyl (C=O) groups excluding carboxylic acids is 1. The van der Waals surface area contributed by atoms with Gasteiger partial charge < -0.3 is 0 Å². The normalized spacial score (nSPS) is 11.3. The molecule has 0 bridgehead atoms. The van der Waals surface area contributed by atoms with Crippen molar-refractivity contribution in [2.24, 2.45) is 0 Å². The highest BCUT2D eigenvalue weighted by molar-refractivity contribution is 6.16. The first-order chi connectivity index (χ1) is 14.0. The van der Waals surface area contributed by atoms with Crippen LogP contribution in [0.1, 0.15) is 32.7 Å². The Kier molecular flexibility index (Phi) is 5.09. The second-order valence-corrected chi connectivity index (χ2v) is 7.44. The lowest BCUT2D eigenvalue weighted by molar-refractivity contribution is 0.104. The third-order valence-electron chi connectivity index (χ3n) is 5.13. The lowest BCUT2D eigenvalue weighted by Crippen LogP contribution is -2.05. The van der Waals surface area contributed by atoms with Crippen molar-refractivity contribution < 1.29 is 4.79 Å². The maximum absolute atomic E-state index is 13.3. The lowest BCUT2D eigenvalue weighted by Gasteiger charge is -2.14. The molecule has 0 saturated carbocycles. The number of fused-ring (bicyclic) bond motifs is 1. The number of hydrogen-bond donors (Lipinski definition) is 0. The Hall–Kier alpha value is -3.52. The van der Waals surface area contributed by atoms with Crippen molar-refractivity contribution in [2.45, 2.75) is 20.8 Å². The monoisotopic (exact) mass is 377 g/mol. The molecule has 4 rings (SSSR count). The highest BCUT2D eigenvalue weighted by Crippen LogP contribution is 2.33. The highest BCUT2D eigenvalue weighted by atomic mass is 16.1. The summed E-state index contributed by atoms with van der Waals surface area (Å²) in [5, 5.41) is 0.995. The van der Waals surface area contributed by atoms with Gasteiger partial charge in [-0.25, -0.2) is 0 Å². The molecular formula is C27H23NO. The van der Waals surface area contributed by atoms with Crippen LogP contribution < -0.4 is 0 Å². The first-order valence-electron chi connectivity index (χ1n) is 9.78. The lowest BCUT2D eigenvalue weighted by atomic mass is 9.91. The van der Waals surface area contributed by atoms with E-state index in [0.29, 0.717) is 5.56 Å². The van der Waals surface area contributed by atoms with Gasteiger partial charge in [0, 0.05) is 16.6 Å². The smallest absolute Gasteiger partial charge is 0.188 e. The maximum Gasteiger partial charge on any atom is 0.188 e. The summed E-state index contributed by atoms with van der Waals surface area (Å²) < 4.78 is 0. The highest BCUT2D eigenvalue weighted by Gasteiger charge is 2.18. The fourth-order valence-corrected chi connectivity index (χ4v) is 3.69. The number of para-hydroxylation sites is 1. The van der Waals surface area contributed by atoms with Gasteiger partial charge in [0.1, 0.15) is 0 Å². The van der Waals surface area contributed by atoms with Crippen molar-refractivity contribution in [1.29, 1.82) is 0 Å². The molecule has 0 aliphatic carbocycles. The summed E-state index contributed by atoms with van der Waals surface area (Å²) in [6.07, 6.45) is 3.54. The molecule has 0 aliphatic rings. The zero-order valence-electron chi connectivity index (χ0n) is 16.9. The average molecular weight is 377 g/mol. The van der Waals surface area contributed by atoms with Gasteiger partial charge >= 0.3 is 0 Å². The van der Waals surface area contributed by atoms with Crippen LogP contribution in [-0.4, -0.2) is 10.8 Å². The van der Waals surface area contributed by atoms with Crippen LogP contribution in [0.3, 0.4) is 0 Å². The largest absolute Gasteiger partial charge is 0.289 e. The van der Waals surface area contributed by atoms with E-state index in [1.165, 1.54) is 11.1 Å². The number of hydrogen-bond acceptors (Lipinski definition) is 2. The van der Waals surface area contributed by atoms with E-state index >= 15 is 0 Å². The predicted molar refractivity (Wildman–Crippen MR) is 121 cm³/mol. The molecule has 4 aromatic rings. The first-order valence-corrected chi connectivity index (χ1v) is 9.78. The van der Waals surface area contributed by atoms with Gasteiger partial charge in [0.15, 0.2) is 5.78 Å². The SMILES string of the molecule is Cc1ccc(-c2c(C(=O)C=Cc3cccc(C)c3)c(C)nc3ccccc23)cc1. The number of aromatic nitrogens is 1. The van der Waals surface area contributed by atoms with E-state index in [0.717, 1.165) is 33.3 Å². The van der Waals surface area contributed by atoms with Gasteiger partial charge in [0.05, 0.1) is 11.1 Å². The maximum atomic E-state index is 13.3. The van der Waals surface area contributed by atoms with Crippen LogP contribution in [0, 0.1) is 20.8 Å². The molecule has 0 atom stereocenters. The third kappa shape index (κ3) is 3.88. The molecule has 1 heterocycles. The summed E-state index contributed by atoms with van der Waals surface area (Å²) in [5.74, 6) is -0.0298. The fourth-order valence-electron chi connectivity index (χ4n) is 3.69. The summed E-state index contributed by atoms with van der Waals surface area (Å²) in [6, 6.07) is 24.4. The molecular weight excluding hydrogens is 354 g/mol. The third-order valence-corrected chi connectivity index (χ3v) is 5.13. The van der Waals surface area contributed by atoms with Gasteiger partial charge in [-0.3, -0.25) is 9.78 Å². The minimum atomic E-state index is -0.0298. The van der Waals surface area contributed by atoms with E-state index in [1.807, 2.05) is 62.4 Å². The van der Waals surface area contributed by atoms with E-state index < -0.39 is 0 Å². The number of rotatable bonds is 4. The second kappa shape index (κ2) is 7.84. The summed E-state index contributed by atoms with van der Waals surface area (Å²) >= 11 is 0. The molecule has 3 aromatic carbocycles. The predicted octanol–water partition coefficient (Wildman–Crippen LogP) is 6.72. The molecule has 2 heteroatoms. The number of ketones is 1. The topological polar surface area (TPSA) is 30.0 Å². The van der Waals surface area contributed by atoms with E-state index in [2.05, 4.69) is 37.3 Å². The molecule has 0 aliphatic heterocycles. The van der Waals surface area contributed by atoms with Crippen molar-refractivity contribution in [1.82, 2.24) is 4.98 Å². The molecule has 0 saturated heterocycles. The summed E-state index contributed by atoms with van der Waals surface area (Å²) in [7, 11) is 0. The van der Waals surface area contributed by atoms with Gasteiger partial charge in [-0.2, -0.15) is 0 Å². The Bertz CT molecular complexity index is 1230. The van der Waals surface area contributed by atoms with Crippen molar-refractivity contribution >= 4 is 22.8 Å². The Morgan fingerprint density at radius 3 is 2.34 bits per heavy atom. The number of allylic oxidation sites excluding steroid dienone is 1. The van der Waals surface area contributed by atoms with Crippen LogP contribution in [-0.2, 0) is 0 Å².